The number of ether oxygens (including phenoxy) is 1. The van der Waals surface area contributed by atoms with Gasteiger partial charge < -0.3 is 10.1 Å². The third-order valence-electron chi connectivity index (χ3n) is 4.60. The number of pyridine rings is 3. The second-order valence-corrected chi connectivity index (χ2v) is 6.88. The maximum atomic E-state index is 13.5. The molecule has 4 heterocycles. The van der Waals surface area contributed by atoms with E-state index in [1.54, 1.807) is 18.5 Å². The standard InChI is InChI=1S/C21H20FN7O2/c1-12-7-13(3-5-23-12)20-15-10-25-19(9-16(15)28-29-20)27-21(30)26-18(11-31-2)17-8-14(22)4-6-24-17/h3-10,18H,11H2,1-2H3,(H,28,29)(H2,25,26,27,30)/t18-/m1/s1. The van der Waals surface area contributed by atoms with Crippen LogP contribution >= 0.6 is 0 Å². The number of carbonyl (C=O) groups excluding carboxylic acids is 1. The van der Waals surface area contributed by atoms with Crippen LogP contribution in [-0.4, -0.2) is 44.9 Å². The zero-order valence-corrected chi connectivity index (χ0v) is 16.9. The van der Waals surface area contributed by atoms with Gasteiger partial charge in [0.15, 0.2) is 0 Å². The smallest absolute Gasteiger partial charge is 0.321 e. The molecule has 0 aliphatic heterocycles. The Balaban J connectivity index is 1.51. The Morgan fingerprint density at radius 1 is 1.19 bits per heavy atom. The van der Waals surface area contributed by atoms with Crippen molar-refractivity contribution in [2.75, 3.05) is 19.0 Å². The monoisotopic (exact) mass is 421 g/mol. The first kappa shape index (κ1) is 20.4. The molecule has 0 radical (unpaired) electrons. The van der Waals surface area contributed by atoms with Crippen LogP contribution in [0.25, 0.3) is 22.2 Å². The van der Waals surface area contributed by atoms with Gasteiger partial charge in [-0.3, -0.25) is 20.4 Å². The molecular weight excluding hydrogens is 401 g/mol. The predicted octanol–water partition coefficient (Wildman–Crippen LogP) is 3.37. The maximum Gasteiger partial charge on any atom is 0.321 e. The van der Waals surface area contributed by atoms with Crippen molar-refractivity contribution < 1.29 is 13.9 Å². The van der Waals surface area contributed by atoms with Gasteiger partial charge in [-0.2, -0.15) is 5.10 Å². The van der Waals surface area contributed by atoms with Crippen LogP contribution in [-0.2, 0) is 4.74 Å². The van der Waals surface area contributed by atoms with E-state index >= 15 is 0 Å². The van der Waals surface area contributed by atoms with Crippen molar-refractivity contribution in [1.82, 2.24) is 30.5 Å². The molecule has 0 aliphatic carbocycles. The van der Waals surface area contributed by atoms with Crippen LogP contribution < -0.4 is 10.6 Å². The molecule has 0 unspecified atom stereocenters. The number of carbonyl (C=O) groups is 1. The van der Waals surface area contributed by atoms with Crippen molar-refractivity contribution in [3.05, 3.63) is 66.1 Å². The molecule has 1 atom stereocenters. The molecule has 4 rings (SSSR count). The van der Waals surface area contributed by atoms with Gasteiger partial charge in [-0.25, -0.2) is 14.2 Å². The molecule has 3 N–H and O–H groups in total. The minimum Gasteiger partial charge on any atom is -0.382 e. The molecular formula is C21H20FN7O2. The Labute approximate surface area is 177 Å². The van der Waals surface area contributed by atoms with Gasteiger partial charge in [0, 0.05) is 48.4 Å². The Bertz CT molecular complexity index is 1230. The third-order valence-corrected chi connectivity index (χ3v) is 4.60. The molecule has 0 spiro atoms. The van der Waals surface area contributed by atoms with Gasteiger partial charge in [0.25, 0.3) is 0 Å². The molecule has 4 aromatic rings. The largest absolute Gasteiger partial charge is 0.382 e. The number of anilines is 1. The number of H-pyrrole nitrogens is 1. The number of hydrogen-bond donors (Lipinski definition) is 3. The number of nitrogens with one attached hydrogen (secondary N) is 3. The molecule has 0 saturated carbocycles. The minimum absolute atomic E-state index is 0.131. The molecule has 4 aromatic heterocycles. The average Bonchev–Trinajstić information content (AvgIpc) is 3.17. The zero-order valence-electron chi connectivity index (χ0n) is 16.9. The van der Waals surface area contributed by atoms with E-state index in [1.807, 2.05) is 19.1 Å². The topological polar surface area (TPSA) is 118 Å². The number of amides is 2. The molecule has 2 amide bonds. The van der Waals surface area contributed by atoms with E-state index in [-0.39, 0.29) is 6.61 Å². The van der Waals surface area contributed by atoms with Crippen molar-refractivity contribution in [2.24, 2.45) is 0 Å². The lowest BCUT2D eigenvalue weighted by Crippen LogP contribution is -2.35. The van der Waals surface area contributed by atoms with Crippen molar-refractivity contribution in [2.45, 2.75) is 13.0 Å². The van der Waals surface area contributed by atoms with Crippen LogP contribution in [0.4, 0.5) is 15.0 Å². The van der Waals surface area contributed by atoms with Gasteiger partial charge >= 0.3 is 6.03 Å². The molecule has 10 heteroatoms. The maximum absolute atomic E-state index is 13.5. The summed E-state index contributed by atoms with van der Waals surface area (Å²) in [5.74, 6) is -0.116. The normalized spacial score (nSPS) is 12.0. The van der Waals surface area contributed by atoms with E-state index in [0.717, 1.165) is 27.9 Å². The first-order valence-corrected chi connectivity index (χ1v) is 9.48. The summed E-state index contributed by atoms with van der Waals surface area (Å²) in [6.45, 7) is 2.04. The van der Waals surface area contributed by atoms with Gasteiger partial charge in [-0.1, -0.05) is 0 Å². The summed E-state index contributed by atoms with van der Waals surface area (Å²) in [4.78, 5) is 25.1. The number of aromatic amines is 1. The Kier molecular flexibility index (Phi) is 5.80. The average molecular weight is 421 g/mol. The van der Waals surface area contributed by atoms with E-state index in [4.69, 9.17) is 4.74 Å². The molecule has 0 aromatic carbocycles. The highest BCUT2D eigenvalue weighted by Gasteiger charge is 2.17. The number of halogens is 1. The summed E-state index contributed by atoms with van der Waals surface area (Å²) in [6.07, 6.45) is 4.70. The lowest BCUT2D eigenvalue weighted by atomic mass is 10.1. The first-order valence-electron chi connectivity index (χ1n) is 9.48. The fraction of sp³-hybridized carbons (Fsp3) is 0.190. The van der Waals surface area contributed by atoms with Gasteiger partial charge in [0.05, 0.1) is 23.9 Å². The lowest BCUT2D eigenvalue weighted by molar-refractivity contribution is 0.166. The summed E-state index contributed by atoms with van der Waals surface area (Å²) < 4.78 is 18.6. The van der Waals surface area contributed by atoms with Crippen LogP contribution in [0.5, 0.6) is 0 Å². The molecule has 0 aliphatic rings. The summed E-state index contributed by atoms with van der Waals surface area (Å²) in [7, 11) is 1.49. The van der Waals surface area contributed by atoms with Crippen LogP contribution in [0.3, 0.4) is 0 Å². The third kappa shape index (κ3) is 4.64. The van der Waals surface area contributed by atoms with Crippen LogP contribution in [0.15, 0.2) is 48.9 Å². The number of hydrogen-bond acceptors (Lipinski definition) is 6. The molecule has 0 saturated heterocycles. The molecule has 31 heavy (non-hydrogen) atoms. The quantitative estimate of drug-likeness (QED) is 0.439. The second-order valence-electron chi connectivity index (χ2n) is 6.88. The van der Waals surface area contributed by atoms with E-state index in [0.29, 0.717) is 11.5 Å². The number of methoxy groups -OCH3 is 1. The first-order chi connectivity index (χ1) is 15.0. The van der Waals surface area contributed by atoms with Crippen LogP contribution in [0.1, 0.15) is 17.4 Å². The lowest BCUT2D eigenvalue weighted by Gasteiger charge is -2.17. The Hall–Kier alpha value is -3.92. The van der Waals surface area contributed by atoms with Gasteiger partial charge in [0.1, 0.15) is 17.3 Å². The SMILES string of the molecule is COC[C@@H](NC(=O)Nc1cc2[nH]nc(-c3ccnc(C)c3)c2cn1)c1cc(F)ccn1. The molecule has 9 nitrogen and oxygen atoms in total. The Morgan fingerprint density at radius 3 is 2.81 bits per heavy atom. The summed E-state index contributed by atoms with van der Waals surface area (Å²) in [5, 5.41) is 13.5. The highest BCUT2D eigenvalue weighted by atomic mass is 19.1. The number of aryl methyl sites for hydroxylation is 1. The highest BCUT2D eigenvalue weighted by molar-refractivity contribution is 5.95. The van der Waals surface area contributed by atoms with E-state index in [1.165, 1.54) is 25.4 Å². The van der Waals surface area contributed by atoms with Crippen molar-refractivity contribution >= 4 is 22.8 Å². The second kappa shape index (κ2) is 8.84. The van der Waals surface area contributed by atoms with E-state index in [2.05, 4.69) is 35.8 Å². The minimum atomic E-state index is -0.627. The van der Waals surface area contributed by atoms with Crippen molar-refractivity contribution in [3.63, 3.8) is 0 Å². The van der Waals surface area contributed by atoms with Crippen LogP contribution in [0.2, 0.25) is 0 Å². The molecule has 0 bridgehead atoms. The van der Waals surface area contributed by atoms with E-state index < -0.39 is 17.9 Å². The summed E-state index contributed by atoms with van der Waals surface area (Å²) in [6, 6.07) is 6.83. The number of nitrogens with zero attached hydrogens (tertiary/aromatic N) is 4. The molecule has 158 valence electrons. The summed E-state index contributed by atoms with van der Waals surface area (Å²) in [5.41, 5.74) is 3.63. The zero-order chi connectivity index (χ0) is 21.8. The summed E-state index contributed by atoms with van der Waals surface area (Å²) >= 11 is 0. The van der Waals surface area contributed by atoms with E-state index in [9.17, 15) is 9.18 Å². The fourth-order valence-electron chi connectivity index (χ4n) is 3.18. The van der Waals surface area contributed by atoms with Crippen molar-refractivity contribution in [1.29, 1.82) is 0 Å². The number of fused-ring (bicyclic) bond motifs is 1. The van der Waals surface area contributed by atoms with Gasteiger partial charge in [0.2, 0.25) is 0 Å². The van der Waals surface area contributed by atoms with Crippen molar-refractivity contribution in [3.8, 4) is 11.3 Å². The number of aromatic nitrogens is 5. The fourth-order valence-corrected chi connectivity index (χ4v) is 3.18. The van der Waals surface area contributed by atoms with Gasteiger partial charge in [-0.15, -0.1) is 0 Å². The number of rotatable bonds is 6. The van der Waals surface area contributed by atoms with Gasteiger partial charge in [-0.05, 0) is 31.2 Å². The number of urea groups is 1. The van der Waals surface area contributed by atoms with Crippen LogP contribution in [0, 0.1) is 12.7 Å². The predicted molar refractivity (Wildman–Crippen MR) is 113 cm³/mol. The highest BCUT2D eigenvalue weighted by Crippen LogP contribution is 2.27. The Morgan fingerprint density at radius 2 is 2.03 bits per heavy atom. The molecule has 0 fully saturated rings.